The van der Waals surface area contributed by atoms with Gasteiger partial charge >= 0.3 is 17.9 Å². The molecule has 1 aliphatic heterocycles. The van der Waals surface area contributed by atoms with Gasteiger partial charge in [0, 0.05) is 12.0 Å². The van der Waals surface area contributed by atoms with Crippen LogP contribution in [-0.4, -0.2) is 49.4 Å². The second kappa shape index (κ2) is 28.6. The number of fused-ring (bicyclic) bond motifs is 1. The zero-order valence-electron chi connectivity index (χ0n) is 46.0. The Morgan fingerprint density at radius 3 is 1.57 bits per heavy atom. The van der Waals surface area contributed by atoms with Crippen LogP contribution in [-0.2, 0) is 39.7 Å². The average molecular weight is 1080 g/mol. The monoisotopic (exact) mass is 1080 g/mol. The number of esters is 3. The first-order chi connectivity index (χ1) is 38.6. The molecule has 10 heteroatoms. The van der Waals surface area contributed by atoms with Gasteiger partial charge in [-0.1, -0.05) is 191 Å². The van der Waals surface area contributed by atoms with Gasteiger partial charge in [-0.2, -0.15) is 0 Å². The standard InChI is InChI=1S/C42H46O4.C27H31O5P/c1-29-13-17-31(18-14-29)33-21-25-37(26-22-33)41(43)45-39(35-9-5-3-6-10-35)40(36-11-7-4-8-12-36)46-42(44)38-27-23-34(24-28-38)32-19-15-30(2)16-20-32;1-19-4-6-21(7-5-19)12-15-26(28)31-24-14-13-23-25(17-29-27(23)24)32-30-16-2-3-20-8-10-22(18-33)11-9-20/h3-12,21-32,39-40H,13-20H2,1-2H3;2-12,15,23-25,27H,13-14,16-18,33H2,1H3/b;3-2+,15-12+/t29?,30?,31?,32?,39-,40-;23-,24?,25+,27+/m11/s1. The van der Waals surface area contributed by atoms with Gasteiger partial charge in [0.1, 0.15) is 24.9 Å². The normalized spacial score (nSPS) is 23.5. The van der Waals surface area contributed by atoms with Gasteiger partial charge < -0.3 is 18.9 Å². The Morgan fingerprint density at radius 1 is 0.570 bits per heavy atom. The van der Waals surface area contributed by atoms with E-state index in [0.717, 1.165) is 53.1 Å². The highest BCUT2D eigenvalue weighted by atomic mass is 31.0. The van der Waals surface area contributed by atoms with Crippen LogP contribution in [0.4, 0.5) is 0 Å². The van der Waals surface area contributed by atoms with E-state index in [2.05, 4.69) is 71.6 Å². The molecule has 0 amide bonds. The maximum Gasteiger partial charge on any atom is 0.338 e. The molecule has 0 bridgehead atoms. The Kier molecular flexibility index (Phi) is 20.7. The Balaban J connectivity index is 0.000000203. The van der Waals surface area contributed by atoms with E-state index in [9.17, 15) is 14.4 Å². The van der Waals surface area contributed by atoms with Gasteiger partial charge in [-0.05, 0) is 145 Å². The highest BCUT2D eigenvalue weighted by Gasteiger charge is 2.49. The molecule has 10 rings (SSSR count). The fourth-order valence-corrected chi connectivity index (χ4v) is 11.8. The molecule has 0 N–H and O–H groups in total. The van der Waals surface area contributed by atoms with Crippen molar-refractivity contribution in [2.24, 2.45) is 17.8 Å². The van der Waals surface area contributed by atoms with Crippen LogP contribution in [0.15, 0.2) is 170 Å². The smallest absolute Gasteiger partial charge is 0.338 e. The minimum atomic E-state index is -0.844. The lowest BCUT2D eigenvalue weighted by Gasteiger charge is -2.28. The molecule has 3 saturated carbocycles. The molecule has 4 aliphatic rings. The number of carbonyl (C=O) groups excluding carboxylic acids is 3. The van der Waals surface area contributed by atoms with Gasteiger partial charge in [-0.3, -0.25) is 0 Å². The van der Waals surface area contributed by atoms with E-state index >= 15 is 0 Å². The quantitative estimate of drug-likeness (QED) is 0.0158. The van der Waals surface area contributed by atoms with Crippen molar-refractivity contribution in [3.63, 3.8) is 0 Å². The number of hydrogen-bond donors (Lipinski definition) is 0. The van der Waals surface area contributed by atoms with Crippen molar-refractivity contribution in [2.45, 2.75) is 133 Å². The van der Waals surface area contributed by atoms with E-state index in [1.54, 1.807) is 6.08 Å². The highest BCUT2D eigenvalue weighted by molar-refractivity contribution is 7.15. The molecule has 412 valence electrons. The maximum atomic E-state index is 13.7. The van der Waals surface area contributed by atoms with Gasteiger partial charge in [0.25, 0.3) is 0 Å². The molecule has 0 aromatic heterocycles. The van der Waals surface area contributed by atoms with E-state index in [0.29, 0.717) is 36.2 Å². The molecule has 0 spiro atoms. The maximum absolute atomic E-state index is 13.7. The van der Waals surface area contributed by atoms with Crippen LogP contribution in [0.25, 0.3) is 12.2 Å². The molecule has 6 aromatic carbocycles. The fraction of sp³-hybridized carbons (Fsp3) is 0.377. The predicted octanol–water partition coefficient (Wildman–Crippen LogP) is 15.9. The molecule has 0 radical (unpaired) electrons. The minimum absolute atomic E-state index is 0.138. The lowest BCUT2D eigenvalue weighted by Crippen LogP contribution is -2.30. The SMILES string of the molecule is CC1CCC(c2ccc(C(=O)O[C@H](c3ccccc3)[C@H](OC(=O)c3ccc(C4CCC(C)CC4)cc3)c3ccccc3)cc2)CC1.Cc1ccc(/C=C/C(=O)OC2CC[C@@H]3[C@@H](OOC/C=C/c4ccc(CP)cc4)CO[C@H]23)cc1. The second-order valence-electron chi connectivity index (χ2n) is 22.2. The summed E-state index contributed by atoms with van der Waals surface area (Å²) in [5.41, 5.74) is 9.61. The van der Waals surface area contributed by atoms with Crippen LogP contribution in [0.2, 0.25) is 0 Å². The molecule has 1 heterocycles. The van der Waals surface area contributed by atoms with E-state index in [1.165, 1.54) is 79.7 Å². The summed E-state index contributed by atoms with van der Waals surface area (Å²) in [4.78, 5) is 50.7. The number of benzene rings is 6. The molecule has 9 nitrogen and oxygen atoms in total. The lowest BCUT2D eigenvalue weighted by molar-refractivity contribution is -0.321. The predicted molar refractivity (Wildman–Crippen MR) is 315 cm³/mol. The van der Waals surface area contributed by atoms with Crippen molar-refractivity contribution in [3.8, 4) is 0 Å². The van der Waals surface area contributed by atoms with Gasteiger partial charge in [0.15, 0.2) is 12.2 Å². The number of rotatable bonds is 18. The Morgan fingerprint density at radius 2 is 1.06 bits per heavy atom. The third-order valence-corrected chi connectivity index (χ3v) is 16.9. The summed E-state index contributed by atoms with van der Waals surface area (Å²) in [6, 6.07) is 51.3. The van der Waals surface area contributed by atoms with Crippen LogP contribution < -0.4 is 0 Å². The molecular formula is C69H77O9P. The van der Waals surface area contributed by atoms with E-state index in [4.69, 9.17) is 28.7 Å². The second-order valence-corrected chi connectivity index (χ2v) is 22.6. The van der Waals surface area contributed by atoms with Crippen molar-refractivity contribution in [1.29, 1.82) is 0 Å². The number of aryl methyl sites for hydroxylation is 1. The van der Waals surface area contributed by atoms with Crippen LogP contribution in [0, 0.1) is 24.7 Å². The Labute approximate surface area is 470 Å². The van der Waals surface area contributed by atoms with Crippen molar-refractivity contribution in [1.82, 2.24) is 0 Å². The molecule has 4 fully saturated rings. The van der Waals surface area contributed by atoms with Crippen molar-refractivity contribution in [2.75, 3.05) is 13.2 Å². The van der Waals surface area contributed by atoms with E-state index < -0.39 is 24.1 Å². The van der Waals surface area contributed by atoms with E-state index in [1.807, 2.05) is 128 Å². The summed E-state index contributed by atoms with van der Waals surface area (Å²) < 4.78 is 24.1. The zero-order valence-corrected chi connectivity index (χ0v) is 47.2. The van der Waals surface area contributed by atoms with E-state index in [-0.39, 0.29) is 30.2 Å². The van der Waals surface area contributed by atoms with Crippen LogP contribution in [0.1, 0.15) is 167 Å². The average Bonchev–Trinajstić information content (AvgIpc) is 4.18. The molecule has 7 atom stereocenters. The molecular weight excluding hydrogens is 1000 g/mol. The van der Waals surface area contributed by atoms with Crippen LogP contribution in [0.3, 0.4) is 0 Å². The van der Waals surface area contributed by atoms with Crippen LogP contribution >= 0.6 is 9.24 Å². The lowest BCUT2D eigenvalue weighted by atomic mass is 9.79. The summed E-state index contributed by atoms with van der Waals surface area (Å²) in [6.07, 6.45) is 17.3. The molecule has 79 heavy (non-hydrogen) atoms. The van der Waals surface area contributed by atoms with Crippen LogP contribution in [0.5, 0.6) is 0 Å². The number of ether oxygens (including phenoxy) is 4. The third-order valence-electron chi connectivity index (χ3n) is 16.4. The zero-order chi connectivity index (χ0) is 54.9. The summed E-state index contributed by atoms with van der Waals surface area (Å²) >= 11 is 0. The first kappa shape index (κ1) is 57.2. The van der Waals surface area contributed by atoms with Crippen molar-refractivity contribution in [3.05, 3.63) is 226 Å². The van der Waals surface area contributed by atoms with Gasteiger partial charge in [0.2, 0.25) is 0 Å². The molecule has 2 unspecified atom stereocenters. The van der Waals surface area contributed by atoms with Gasteiger partial charge in [-0.25, -0.2) is 24.2 Å². The third kappa shape index (κ3) is 16.1. The molecule has 3 aliphatic carbocycles. The fourth-order valence-electron chi connectivity index (χ4n) is 11.5. The first-order valence-corrected chi connectivity index (χ1v) is 29.4. The topological polar surface area (TPSA) is 107 Å². The van der Waals surface area contributed by atoms with Gasteiger partial charge in [-0.15, -0.1) is 9.24 Å². The Hall–Kier alpha value is -6.48. The summed E-state index contributed by atoms with van der Waals surface area (Å²) in [5, 5.41) is 0. The first-order valence-electron chi connectivity index (χ1n) is 28.6. The molecule has 1 saturated heterocycles. The largest absolute Gasteiger partial charge is 0.456 e. The highest BCUT2D eigenvalue weighted by Crippen LogP contribution is 2.41. The minimum Gasteiger partial charge on any atom is -0.456 e. The summed E-state index contributed by atoms with van der Waals surface area (Å²) in [5.74, 6) is 1.60. The number of hydrogen-bond acceptors (Lipinski definition) is 9. The molecule has 6 aromatic rings. The van der Waals surface area contributed by atoms with Crippen molar-refractivity contribution >= 4 is 39.3 Å². The van der Waals surface area contributed by atoms with Gasteiger partial charge in [0.05, 0.1) is 17.7 Å². The number of carbonyl (C=O) groups is 3. The summed E-state index contributed by atoms with van der Waals surface area (Å²) in [6.45, 7) is 7.49. The van der Waals surface area contributed by atoms with Crippen molar-refractivity contribution < 1.29 is 43.1 Å². The Bertz CT molecular complexity index is 2790. The summed E-state index contributed by atoms with van der Waals surface area (Å²) in [7, 11) is 2.72.